The zero-order valence-corrected chi connectivity index (χ0v) is 11.9. The van der Waals surface area contributed by atoms with Crippen molar-refractivity contribution in [3.63, 3.8) is 0 Å². The normalized spacial score (nSPS) is 9.71. The van der Waals surface area contributed by atoms with Gasteiger partial charge in [-0.2, -0.15) is 0 Å². The summed E-state index contributed by atoms with van der Waals surface area (Å²) >= 11 is 0. The summed E-state index contributed by atoms with van der Waals surface area (Å²) in [5.74, 6) is -0.00801. The van der Waals surface area contributed by atoms with Crippen molar-refractivity contribution in [3.8, 4) is 5.75 Å². The number of rotatable bonds is 3. The van der Waals surface area contributed by atoms with Gasteiger partial charge in [-0.15, -0.1) is 0 Å². The second-order valence-corrected chi connectivity index (χ2v) is 3.62. The maximum atomic E-state index is 10.6. The average molecular weight is 239 g/mol. The molecule has 0 aliphatic rings. The minimum atomic E-state index is -0.812. The summed E-state index contributed by atoms with van der Waals surface area (Å²) in [6.45, 7) is 0. The Morgan fingerprint density at radius 2 is 1.82 bits per heavy atom. The van der Waals surface area contributed by atoms with Gasteiger partial charge in [-0.1, -0.05) is 24.3 Å². The summed E-state index contributed by atoms with van der Waals surface area (Å²) in [5, 5.41) is 10.8. The quantitative estimate of drug-likeness (QED) is 0.834. The first-order valence-electron chi connectivity index (χ1n) is 4.97. The van der Waals surface area contributed by atoms with E-state index in [9.17, 15) is 4.79 Å². The SMILES string of the molecule is COc1ccc2cc(CC(=O)O)ccc2c1.[Na]. The molecule has 0 spiro atoms. The van der Waals surface area contributed by atoms with Crippen molar-refractivity contribution >= 4 is 46.3 Å². The maximum absolute atomic E-state index is 10.6. The molecule has 17 heavy (non-hydrogen) atoms. The molecule has 0 amide bonds. The Morgan fingerprint density at radius 3 is 2.47 bits per heavy atom. The molecule has 3 nitrogen and oxygen atoms in total. The van der Waals surface area contributed by atoms with Gasteiger partial charge in [-0.05, 0) is 28.5 Å². The number of hydrogen-bond donors (Lipinski definition) is 1. The van der Waals surface area contributed by atoms with E-state index in [0.717, 1.165) is 22.1 Å². The minimum absolute atomic E-state index is 0. The largest absolute Gasteiger partial charge is 0.497 e. The zero-order chi connectivity index (χ0) is 11.5. The summed E-state index contributed by atoms with van der Waals surface area (Å²) in [5.41, 5.74) is 0.810. The minimum Gasteiger partial charge on any atom is -0.497 e. The molecule has 0 aliphatic carbocycles. The van der Waals surface area contributed by atoms with Gasteiger partial charge in [0.25, 0.3) is 0 Å². The molecule has 0 fully saturated rings. The zero-order valence-electron chi connectivity index (χ0n) is 9.93. The number of methoxy groups -OCH3 is 1. The first-order chi connectivity index (χ1) is 7.69. The third kappa shape index (κ3) is 3.46. The number of benzene rings is 2. The maximum Gasteiger partial charge on any atom is 0.307 e. The summed E-state index contributed by atoms with van der Waals surface area (Å²) in [6.07, 6.45) is 0.0575. The fourth-order valence-electron chi connectivity index (χ4n) is 1.68. The van der Waals surface area contributed by atoms with Crippen LogP contribution in [0, 0.1) is 0 Å². The van der Waals surface area contributed by atoms with Crippen LogP contribution in [0.15, 0.2) is 36.4 Å². The molecule has 83 valence electrons. The van der Waals surface area contributed by atoms with Crippen LogP contribution in [0.5, 0.6) is 5.75 Å². The van der Waals surface area contributed by atoms with E-state index >= 15 is 0 Å². The fraction of sp³-hybridized carbons (Fsp3) is 0.154. The molecule has 1 radical (unpaired) electrons. The van der Waals surface area contributed by atoms with E-state index in [1.165, 1.54) is 0 Å². The Morgan fingerprint density at radius 1 is 1.18 bits per heavy atom. The summed E-state index contributed by atoms with van der Waals surface area (Å²) in [4.78, 5) is 10.6. The van der Waals surface area contributed by atoms with Crippen LogP contribution in [0.3, 0.4) is 0 Å². The van der Waals surface area contributed by atoms with E-state index in [1.807, 2.05) is 36.4 Å². The van der Waals surface area contributed by atoms with E-state index in [2.05, 4.69) is 0 Å². The monoisotopic (exact) mass is 239 g/mol. The van der Waals surface area contributed by atoms with Gasteiger partial charge >= 0.3 is 5.97 Å². The van der Waals surface area contributed by atoms with Crippen molar-refractivity contribution in [2.75, 3.05) is 7.11 Å². The molecule has 0 saturated heterocycles. The first-order valence-corrected chi connectivity index (χ1v) is 4.97. The molecule has 1 N–H and O–H groups in total. The fourth-order valence-corrected chi connectivity index (χ4v) is 1.68. The molecular formula is C13H12NaO3. The van der Waals surface area contributed by atoms with Gasteiger partial charge in [-0.3, -0.25) is 4.79 Å². The van der Waals surface area contributed by atoms with Crippen LogP contribution in [0.4, 0.5) is 0 Å². The molecule has 0 bridgehead atoms. The number of carbonyl (C=O) groups is 1. The first kappa shape index (κ1) is 14.0. The molecule has 0 aliphatic heterocycles. The second-order valence-electron chi connectivity index (χ2n) is 3.62. The topological polar surface area (TPSA) is 46.5 Å². The third-order valence-electron chi connectivity index (χ3n) is 2.47. The summed E-state index contributed by atoms with van der Waals surface area (Å²) in [6, 6.07) is 11.4. The van der Waals surface area contributed by atoms with Crippen molar-refractivity contribution in [2.24, 2.45) is 0 Å². The van der Waals surface area contributed by atoms with Crippen molar-refractivity contribution in [1.29, 1.82) is 0 Å². The van der Waals surface area contributed by atoms with E-state index in [4.69, 9.17) is 9.84 Å². The average Bonchev–Trinajstić information content (AvgIpc) is 2.27. The Balaban J connectivity index is 0.00000144. The van der Waals surface area contributed by atoms with Gasteiger partial charge in [0.15, 0.2) is 0 Å². The van der Waals surface area contributed by atoms with Gasteiger partial charge in [0, 0.05) is 29.6 Å². The number of hydrogen-bond acceptors (Lipinski definition) is 2. The van der Waals surface area contributed by atoms with Crippen molar-refractivity contribution < 1.29 is 14.6 Å². The molecule has 2 aromatic rings. The second kappa shape index (κ2) is 6.05. The third-order valence-corrected chi connectivity index (χ3v) is 2.47. The van der Waals surface area contributed by atoms with Crippen LogP contribution < -0.4 is 4.74 Å². The van der Waals surface area contributed by atoms with Gasteiger partial charge in [0.1, 0.15) is 5.75 Å². The van der Waals surface area contributed by atoms with Gasteiger partial charge in [0.05, 0.1) is 13.5 Å². The number of carboxylic acid groups (broad SMARTS) is 1. The van der Waals surface area contributed by atoms with Gasteiger partial charge < -0.3 is 9.84 Å². The van der Waals surface area contributed by atoms with E-state index in [1.54, 1.807) is 7.11 Å². The predicted molar refractivity (Wildman–Crippen MR) is 67.6 cm³/mol. The Hall–Kier alpha value is -1.03. The van der Waals surface area contributed by atoms with E-state index in [0.29, 0.717) is 0 Å². The summed E-state index contributed by atoms with van der Waals surface area (Å²) < 4.78 is 5.12. The van der Waals surface area contributed by atoms with Crippen LogP contribution in [0.1, 0.15) is 5.56 Å². The van der Waals surface area contributed by atoms with Crippen molar-refractivity contribution in [1.82, 2.24) is 0 Å². The van der Waals surface area contributed by atoms with Crippen LogP contribution in [-0.2, 0) is 11.2 Å². The molecular weight excluding hydrogens is 227 g/mol. The van der Waals surface area contributed by atoms with Crippen LogP contribution >= 0.6 is 0 Å². The predicted octanol–water partition coefficient (Wildman–Crippen LogP) is 2.09. The molecule has 0 unspecified atom stereocenters. The Bertz CT molecular complexity index is 537. The number of ether oxygens (including phenoxy) is 1. The smallest absolute Gasteiger partial charge is 0.307 e. The van der Waals surface area contributed by atoms with Crippen molar-refractivity contribution in [3.05, 3.63) is 42.0 Å². The molecule has 0 heterocycles. The van der Waals surface area contributed by atoms with Crippen molar-refractivity contribution in [2.45, 2.75) is 6.42 Å². The molecule has 2 rings (SSSR count). The number of aliphatic carboxylic acids is 1. The molecule has 0 aromatic heterocycles. The number of carboxylic acids is 1. The number of fused-ring (bicyclic) bond motifs is 1. The Kier molecular flexibility index (Phi) is 5.00. The summed E-state index contributed by atoms with van der Waals surface area (Å²) in [7, 11) is 1.62. The van der Waals surface area contributed by atoms with Crippen LogP contribution in [0.2, 0.25) is 0 Å². The van der Waals surface area contributed by atoms with E-state index < -0.39 is 5.97 Å². The van der Waals surface area contributed by atoms with Gasteiger partial charge in [0.2, 0.25) is 0 Å². The molecule has 0 atom stereocenters. The van der Waals surface area contributed by atoms with Gasteiger partial charge in [-0.25, -0.2) is 0 Å². The van der Waals surface area contributed by atoms with E-state index in [-0.39, 0.29) is 36.0 Å². The van der Waals surface area contributed by atoms with Crippen LogP contribution in [-0.4, -0.2) is 47.7 Å². The van der Waals surface area contributed by atoms with Crippen LogP contribution in [0.25, 0.3) is 10.8 Å². The Labute approximate surface area is 122 Å². The standard InChI is InChI=1S/C13H12O3.Na/c1-16-12-5-4-10-6-9(7-13(14)15)2-3-11(10)8-12;/h2-6,8H,7H2,1H3,(H,14,15);. The molecule has 0 saturated carbocycles. The molecule has 4 heteroatoms. The molecule has 2 aromatic carbocycles.